The minimum atomic E-state index is 0.785. The van der Waals surface area contributed by atoms with Crippen LogP contribution in [0.1, 0.15) is 5.56 Å². The van der Waals surface area contributed by atoms with Gasteiger partial charge >= 0.3 is 0 Å². The molecule has 0 saturated heterocycles. The average Bonchev–Trinajstić information content (AvgIpc) is 3.44. The Morgan fingerprint density at radius 3 is 1.82 bits per heavy atom. The Morgan fingerprint density at radius 2 is 1.09 bits per heavy atom. The van der Waals surface area contributed by atoms with Gasteiger partial charge in [0.2, 0.25) is 0 Å². The van der Waals surface area contributed by atoms with Crippen LogP contribution in [0.25, 0.3) is 60.9 Å². The Hall–Kier alpha value is -5.93. The zero-order valence-corrected chi connectivity index (χ0v) is 24.9. The molecule has 45 heavy (non-hydrogen) atoms. The van der Waals surface area contributed by atoms with E-state index in [9.17, 15) is 0 Å². The summed E-state index contributed by atoms with van der Waals surface area (Å²) in [4.78, 5) is 4.66. The molecule has 0 atom stereocenters. The number of aromatic nitrogens is 2. The molecule has 2 aromatic heterocycles. The van der Waals surface area contributed by atoms with Gasteiger partial charge in [-0.3, -0.25) is 4.98 Å². The van der Waals surface area contributed by atoms with Crippen molar-refractivity contribution in [2.75, 3.05) is 0 Å². The molecule has 3 heteroatoms. The maximum Gasteiger partial charge on any atom is 0.135 e. The van der Waals surface area contributed by atoms with Crippen LogP contribution in [0.15, 0.2) is 164 Å². The van der Waals surface area contributed by atoms with Gasteiger partial charge in [0.1, 0.15) is 11.5 Å². The van der Waals surface area contributed by atoms with Crippen LogP contribution in [0, 0.1) is 6.92 Å². The SMILES string of the molecule is Cc1ccccc1-c1ccccc1Oc1cccc(-c2cncc(-c3cccc(-n4c5ccccc5c5ccccc54)c3)c2)c1. The zero-order chi connectivity index (χ0) is 30.2. The van der Waals surface area contributed by atoms with E-state index in [1.54, 1.807) is 0 Å². The molecule has 0 fully saturated rings. The van der Waals surface area contributed by atoms with Gasteiger partial charge in [0, 0.05) is 45.5 Å². The Morgan fingerprint density at radius 1 is 0.489 bits per heavy atom. The minimum absolute atomic E-state index is 0.785. The number of hydrogen-bond acceptors (Lipinski definition) is 2. The first kappa shape index (κ1) is 26.7. The molecule has 0 spiro atoms. The standard InChI is InChI=1S/C42H30N2O/c1-29-12-2-3-17-36(29)39-20-6-9-23-42(39)45-35-16-11-14-31(26-35)33-24-32(27-43-28-33)30-13-10-15-34(25-30)44-40-21-7-4-18-37(40)38-19-5-8-22-41(38)44/h2-28H,1H3. The summed E-state index contributed by atoms with van der Waals surface area (Å²) < 4.78 is 8.85. The van der Waals surface area contributed by atoms with E-state index in [2.05, 4.69) is 144 Å². The maximum atomic E-state index is 6.50. The topological polar surface area (TPSA) is 27.1 Å². The van der Waals surface area contributed by atoms with Crippen LogP contribution in [-0.2, 0) is 0 Å². The quantitative estimate of drug-likeness (QED) is 0.196. The Kier molecular flexibility index (Phi) is 6.69. The number of hydrogen-bond donors (Lipinski definition) is 0. The maximum absolute atomic E-state index is 6.50. The van der Waals surface area contributed by atoms with E-state index < -0.39 is 0 Å². The highest BCUT2D eigenvalue weighted by atomic mass is 16.5. The van der Waals surface area contributed by atoms with E-state index in [0.29, 0.717) is 0 Å². The van der Waals surface area contributed by atoms with Gasteiger partial charge in [0.15, 0.2) is 0 Å². The second kappa shape index (κ2) is 11.3. The molecule has 0 radical (unpaired) electrons. The summed E-state index contributed by atoms with van der Waals surface area (Å²) in [6, 6.07) is 53.0. The van der Waals surface area contributed by atoms with Crippen molar-refractivity contribution in [1.29, 1.82) is 0 Å². The van der Waals surface area contributed by atoms with Crippen molar-refractivity contribution in [1.82, 2.24) is 9.55 Å². The lowest BCUT2D eigenvalue weighted by Gasteiger charge is -2.14. The van der Waals surface area contributed by atoms with Gasteiger partial charge < -0.3 is 9.30 Å². The van der Waals surface area contributed by atoms with Crippen LogP contribution in [0.4, 0.5) is 0 Å². The van der Waals surface area contributed by atoms with Crippen molar-refractivity contribution < 1.29 is 4.74 Å². The van der Waals surface area contributed by atoms with Gasteiger partial charge in [-0.15, -0.1) is 0 Å². The molecule has 214 valence electrons. The Bertz CT molecular complexity index is 2280. The summed E-state index contributed by atoms with van der Waals surface area (Å²) in [5.74, 6) is 1.62. The fraction of sp³-hybridized carbons (Fsp3) is 0.0238. The Labute approximate surface area is 262 Å². The summed E-state index contributed by atoms with van der Waals surface area (Å²) in [6.07, 6.45) is 3.86. The molecule has 0 aliphatic carbocycles. The molecular formula is C42H30N2O. The third kappa shape index (κ3) is 4.95. The molecule has 0 N–H and O–H groups in total. The first-order valence-corrected chi connectivity index (χ1v) is 15.2. The predicted molar refractivity (Wildman–Crippen MR) is 186 cm³/mol. The second-order valence-corrected chi connectivity index (χ2v) is 11.3. The van der Waals surface area contributed by atoms with E-state index in [0.717, 1.165) is 45.0 Å². The van der Waals surface area contributed by atoms with Crippen molar-refractivity contribution in [3.8, 4) is 50.6 Å². The average molecular weight is 579 g/mol. The lowest BCUT2D eigenvalue weighted by atomic mass is 10.00. The highest BCUT2D eigenvalue weighted by Crippen LogP contribution is 2.37. The van der Waals surface area contributed by atoms with Gasteiger partial charge in [0.25, 0.3) is 0 Å². The molecule has 0 saturated carbocycles. The van der Waals surface area contributed by atoms with Gasteiger partial charge in [-0.25, -0.2) is 0 Å². The van der Waals surface area contributed by atoms with Crippen LogP contribution >= 0.6 is 0 Å². The number of ether oxygens (including phenoxy) is 1. The number of benzene rings is 6. The molecule has 6 aromatic carbocycles. The zero-order valence-electron chi connectivity index (χ0n) is 24.9. The first-order valence-electron chi connectivity index (χ1n) is 15.2. The van der Waals surface area contributed by atoms with Crippen LogP contribution in [0.5, 0.6) is 11.5 Å². The molecule has 0 amide bonds. The van der Waals surface area contributed by atoms with E-state index >= 15 is 0 Å². The highest BCUT2D eigenvalue weighted by molar-refractivity contribution is 6.09. The number of nitrogens with zero attached hydrogens (tertiary/aromatic N) is 2. The number of fused-ring (bicyclic) bond motifs is 3. The largest absolute Gasteiger partial charge is 0.457 e. The number of para-hydroxylation sites is 3. The van der Waals surface area contributed by atoms with Crippen molar-refractivity contribution in [2.24, 2.45) is 0 Å². The molecule has 8 rings (SSSR count). The van der Waals surface area contributed by atoms with Crippen LogP contribution in [-0.4, -0.2) is 9.55 Å². The van der Waals surface area contributed by atoms with E-state index in [1.807, 2.05) is 36.7 Å². The lowest BCUT2D eigenvalue weighted by Crippen LogP contribution is -1.94. The fourth-order valence-electron chi connectivity index (χ4n) is 6.30. The molecule has 2 heterocycles. The lowest BCUT2D eigenvalue weighted by molar-refractivity contribution is 0.484. The highest BCUT2D eigenvalue weighted by Gasteiger charge is 2.13. The smallest absolute Gasteiger partial charge is 0.135 e. The van der Waals surface area contributed by atoms with Gasteiger partial charge in [-0.2, -0.15) is 0 Å². The predicted octanol–water partition coefficient (Wildman–Crippen LogP) is 11.3. The van der Waals surface area contributed by atoms with Crippen LogP contribution in [0.3, 0.4) is 0 Å². The normalized spacial score (nSPS) is 11.2. The van der Waals surface area contributed by atoms with Crippen LogP contribution < -0.4 is 4.74 Å². The second-order valence-electron chi connectivity index (χ2n) is 11.3. The molecular weight excluding hydrogens is 548 g/mol. The van der Waals surface area contributed by atoms with Crippen molar-refractivity contribution in [3.05, 3.63) is 170 Å². The first-order chi connectivity index (χ1) is 22.2. The van der Waals surface area contributed by atoms with Crippen molar-refractivity contribution >= 4 is 21.8 Å². The van der Waals surface area contributed by atoms with E-state index in [-0.39, 0.29) is 0 Å². The van der Waals surface area contributed by atoms with Crippen molar-refractivity contribution in [2.45, 2.75) is 6.92 Å². The summed E-state index contributed by atoms with van der Waals surface area (Å²) in [5.41, 5.74) is 11.2. The van der Waals surface area contributed by atoms with Gasteiger partial charge in [-0.1, -0.05) is 103 Å². The molecule has 0 bridgehead atoms. The van der Waals surface area contributed by atoms with Crippen LogP contribution in [0.2, 0.25) is 0 Å². The summed E-state index contributed by atoms with van der Waals surface area (Å²) in [5, 5.41) is 2.51. The summed E-state index contributed by atoms with van der Waals surface area (Å²) in [7, 11) is 0. The Balaban J connectivity index is 1.14. The fourth-order valence-corrected chi connectivity index (χ4v) is 6.30. The molecule has 3 nitrogen and oxygen atoms in total. The van der Waals surface area contributed by atoms with Gasteiger partial charge in [-0.05, 0) is 77.7 Å². The monoisotopic (exact) mass is 578 g/mol. The van der Waals surface area contributed by atoms with E-state index in [4.69, 9.17) is 4.74 Å². The molecule has 8 aromatic rings. The van der Waals surface area contributed by atoms with Crippen molar-refractivity contribution in [3.63, 3.8) is 0 Å². The third-order valence-electron chi connectivity index (χ3n) is 8.47. The number of pyridine rings is 1. The molecule has 0 aliphatic heterocycles. The summed E-state index contributed by atoms with van der Waals surface area (Å²) in [6.45, 7) is 2.13. The summed E-state index contributed by atoms with van der Waals surface area (Å²) >= 11 is 0. The van der Waals surface area contributed by atoms with E-state index in [1.165, 1.54) is 32.9 Å². The molecule has 0 aliphatic rings. The minimum Gasteiger partial charge on any atom is -0.457 e. The third-order valence-corrected chi connectivity index (χ3v) is 8.47. The molecule has 0 unspecified atom stereocenters. The number of aryl methyl sites for hydroxylation is 1. The number of rotatable bonds is 6. The van der Waals surface area contributed by atoms with Gasteiger partial charge in [0.05, 0.1) is 11.0 Å².